The smallest absolute Gasteiger partial charge is 0.272 e. The van der Waals surface area contributed by atoms with E-state index in [1.165, 1.54) is 5.56 Å². The van der Waals surface area contributed by atoms with Crippen LogP contribution in [0.15, 0.2) is 65.3 Å². The minimum Gasteiger partial charge on any atom is -0.445 e. The van der Waals surface area contributed by atoms with Crippen molar-refractivity contribution in [1.82, 2.24) is 14.9 Å². The van der Waals surface area contributed by atoms with Crippen LogP contribution < -0.4 is 0 Å². The molecule has 1 aromatic carbocycles. The van der Waals surface area contributed by atoms with E-state index in [4.69, 9.17) is 4.42 Å². The van der Waals surface area contributed by atoms with Gasteiger partial charge in [0, 0.05) is 31.1 Å². The number of benzene rings is 1. The predicted molar refractivity (Wildman–Crippen MR) is 102 cm³/mol. The van der Waals surface area contributed by atoms with Gasteiger partial charge in [0.2, 0.25) is 0 Å². The minimum absolute atomic E-state index is 0.00480. The summed E-state index contributed by atoms with van der Waals surface area (Å²) in [5, 5.41) is 0. The number of piperidine rings is 1. The van der Waals surface area contributed by atoms with Gasteiger partial charge in [-0.05, 0) is 30.5 Å². The summed E-state index contributed by atoms with van der Waals surface area (Å²) < 4.78 is 6.08. The molecule has 0 bridgehead atoms. The molecule has 0 atom stereocenters. The first-order valence-electron chi connectivity index (χ1n) is 9.33. The number of aromatic nitrogens is 2. The largest absolute Gasteiger partial charge is 0.445 e. The van der Waals surface area contributed by atoms with Crippen LogP contribution in [0.3, 0.4) is 0 Å². The molecular formula is C22H23N3O2. The zero-order valence-corrected chi connectivity index (χ0v) is 15.5. The molecule has 0 aliphatic carbocycles. The van der Waals surface area contributed by atoms with Crippen LogP contribution in [0.2, 0.25) is 0 Å². The van der Waals surface area contributed by atoms with Gasteiger partial charge < -0.3 is 9.32 Å². The van der Waals surface area contributed by atoms with Crippen molar-refractivity contribution in [3.8, 4) is 0 Å². The van der Waals surface area contributed by atoms with Gasteiger partial charge in [-0.25, -0.2) is 4.98 Å². The highest BCUT2D eigenvalue weighted by molar-refractivity contribution is 5.92. The van der Waals surface area contributed by atoms with E-state index in [1.807, 2.05) is 41.4 Å². The lowest BCUT2D eigenvalue weighted by Gasteiger charge is -2.37. The van der Waals surface area contributed by atoms with Crippen LogP contribution in [0.5, 0.6) is 0 Å². The highest BCUT2D eigenvalue weighted by Gasteiger charge is 2.37. The van der Waals surface area contributed by atoms with Crippen LogP contribution in [0, 0.1) is 0 Å². The Balaban J connectivity index is 1.41. The lowest BCUT2D eigenvalue weighted by Crippen LogP contribution is -2.44. The molecule has 27 heavy (non-hydrogen) atoms. The number of hydrogen-bond donors (Lipinski definition) is 0. The van der Waals surface area contributed by atoms with Gasteiger partial charge in [-0.15, -0.1) is 0 Å². The fraction of sp³-hybridized carbons (Fsp3) is 0.318. The van der Waals surface area contributed by atoms with Gasteiger partial charge in [-0.2, -0.15) is 0 Å². The second kappa shape index (κ2) is 7.35. The normalized spacial score (nSPS) is 16.3. The molecule has 0 spiro atoms. The fourth-order valence-corrected chi connectivity index (χ4v) is 3.53. The van der Waals surface area contributed by atoms with E-state index in [0.717, 1.165) is 30.9 Å². The highest BCUT2D eigenvalue weighted by atomic mass is 16.4. The van der Waals surface area contributed by atoms with Crippen molar-refractivity contribution in [3.05, 3.63) is 83.8 Å². The van der Waals surface area contributed by atoms with Crippen molar-refractivity contribution in [2.45, 2.75) is 31.6 Å². The van der Waals surface area contributed by atoms with Gasteiger partial charge in [0.1, 0.15) is 11.5 Å². The highest BCUT2D eigenvalue weighted by Crippen LogP contribution is 2.35. The summed E-state index contributed by atoms with van der Waals surface area (Å²) in [4.78, 5) is 23.2. The van der Waals surface area contributed by atoms with E-state index in [9.17, 15) is 4.79 Å². The molecule has 5 heteroatoms. The van der Waals surface area contributed by atoms with Crippen LogP contribution in [-0.2, 0) is 11.8 Å². The first-order chi connectivity index (χ1) is 13.1. The fourth-order valence-electron chi connectivity index (χ4n) is 3.53. The molecule has 2 aromatic heterocycles. The minimum atomic E-state index is -0.143. The SMILES string of the molecule is CC1(c2ncc(Cc3ccccc3)o2)CCN(C(=O)c2ccccn2)CC1. The molecule has 3 heterocycles. The summed E-state index contributed by atoms with van der Waals surface area (Å²) in [5.74, 6) is 1.65. The van der Waals surface area contributed by atoms with Crippen molar-refractivity contribution in [2.24, 2.45) is 0 Å². The predicted octanol–water partition coefficient (Wildman–Crippen LogP) is 3.85. The van der Waals surface area contributed by atoms with Crippen molar-refractivity contribution in [3.63, 3.8) is 0 Å². The zero-order valence-electron chi connectivity index (χ0n) is 15.5. The number of rotatable bonds is 4. The van der Waals surface area contributed by atoms with Crippen LogP contribution in [0.25, 0.3) is 0 Å². The molecule has 1 aliphatic heterocycles. The Morgan fingerprint density at radius 3 is 2.52 bits per heavy atom. The number of nitrogens with zero attached hydrogens (tertiary/aromatic N) is 3. The van der Waals surface area contributed by atoms with E-state index in [2.05, 4.69) is 29.0 Å². The molecule has 1 fully saturated rings. The van der Waals surface area contributed by atoms with Gasteiger partial charge >= 0.3 is 0 Å². The van der Waals surface area contributed by atoms with Crippen LogP contribution in [0.1, 0.15) is 47.5 Å². The quantitative estimate of drug-likeness (QED) is 0.708. The third-order valence-electron chi connectivity index (χ3n) is 5.33. The molecule has 0 radical (unpaired) electrons. The topological polar surface area (TPSA) is 59.2 Å². The van der Waals surface area contributed by atoms with E-state index in [-0.39, 0.29) is 11.3 Å². The second-order valence-electron chi connectivity index (χ2n) is 7.36. The Labute approximate surface area is 159 Å². The molecule has 0 N–H and O–H groups in total. The molecule has 1 saturated heterocycles. The summed E-state index contributed by atoms with van der Waals surface area (Å²) >= 11 is 0. The Hall–Kier alpha value is -2.95. The summed E-state index contributed by atoms with van der Waals surface area (Å²) in [6.07, 6.45) is 5.89. The molecular weight excluding hydrogens is 338 g/mol. The van der Waals surface area contributed by atoms with Crippen molar-refractivity contribution in [1.29, 1.82) is 0 Å². The van der Waals surface area contributed by atoms with Gasteiger partial charge in [0.25, 0.3) is 5.91 Å². The van der Waals surface area contributed by atoms with Crippen molar-refractivity contribution in [2.75, 3.05) is 13.1 Å². The average Bonchev–Trinajstić information content (AvgIpc) is 3.19. The Morgan fingerprint density at radius 1 is 1.07 bits per heavy atom. The Morgan fingerprint density at radius 2 is 1.81 bits per heavy atom. The lowest BCUT2D eigenvalue weighted by atomic mass is 9.80. The average molecular weight is 361 g/mol. The molecule has 138 valence electrons. The third kappa shape index (κ3) is 3.77. The number of carbonyl (C=O) groups excluding carboxylic acids is 1. The monoisotopic (exact) mass is 361 g/mol. The van der Waals surface area contributed by atoms with E-state index in [0.29, 0.717) is 18.8 Å². The summed E-state index contributed by atoms with van der Waals surface area (Å²) in [7, 11) is 0. The number of hydrogen-bond acceptors (Lipinski definition) is 4. The Bertz CT molecular complexity index is 898. The molecule has 0 unspecified atom stereocenters. The molecule has 4 rings (SSSR count). The van der Waals surface area contributed by atoms with E-state index in [1.54, 1.807) is 12.3 Å². The standard InChI is InChI=1S/C22H23N3O2/c1-22(21-24-16-18(27-21)15-17-7-3-2-4-8-17)10-13-25(14-11-22)20(26)19-9-5-6-12-23-19/h2-9,12,16H,10-11,13-15H2,1H3. The van der Waals surface area contributed by atoms with Crippen LogP contribution in [-0.4, -0.2) is 33.9 Å². The van der Waals surface area contributed by atoms with Gasteiger partial charge in [-0.3, -0.25) is 9.78 Å². The van der Waals surface area contributed by atoms with Crippen molar-refractivity contribution >= 4 is 5.91 Å². The van der Waals surface area contributed by atoms with E-state index < -0.39 is 0 Å². The molecule has 1 amide bonds. The van der Waals surface area contributed by atoms with Crippen molar-refractivity contribution < 1.29 is 9.21 Å². The maximum absolute atomic E-state index is 12.6. The number of pyridine rings is 1. The maximum atomic E-state index is 12.6. The third-order valence-corrected chi connectivity index (χ3v) is 5.33. The van der Waals surface area contributed by atoms with Gasteiger partial charge in [0.05, 0.1) is 6.20 Å². The number of oxazole rings is 1. The van der Waals surface area contributed by atoms with E-state index >= 15 is 0 Å². The summed E-state index contributed by atoms with van der Waals surface area (Å²) in [5.41, 5.74) is 1.57. The second-order valence-corrected chi connectivity index (χ2v) is 7.36. The first-order valence-corrected chi connectivity index (χ1v) is 9.33. The number of likely N-dealkylation sites (tertiary alicyclic amines) is 1. The lowest BCUT2D eigenvalue weighted by molar-refractivity contribution is 0.0651. The molecule has 3 aromatic rings. The maximum Gasteiger partial charge on any atom is 0.272 e. The summed E-state index contributed by atoms with van der Waals surface area (Å²) in [6, 6.07) is 15.7. The van der Waals surface area contributed by atoms with Gasteiger partial charge in [0.15, 0.2) is 5.89 Å². The molecule has 1 aliphatic rings. The van der Waals surface area contributed by atoms with Crippen LogP contribution in [0.4, 0.5) is 0 Å². The summed E-state index contributed by atoms with van der Waals surface area (Å²) in [6.45, 7) is 3.54. The zero-order chi connectivity index (χ0) is 18.7. The molecule has 0 saturated carbocycles. The number of carbonyl (C=O) groups is 1. The molecule has 5 nitrogen and oxygen atoms in total. The first kappa shape index (κ1) is 17.5. The number of amides is 1. The van der Waals surface area contributed by atoms with Crippen LogP contribution >= 0.6 is 0 Å². The Kier molecular flexibility index (Phi) is 4.75. The van der Waals surface area contributed by atoms with Gasteiger partial charge in [-0.1, -0.05) is 43.3 Å².